The van der Waals surface area contributed by atoms with E-state index in [1.807, 2.05) is 64.1 Å². The smallest absolute Gasteiger partial charge is 0.232 e. The first-order chi connectivity index (χ1) is 15.4. The topological polar surface area (TPSA) is 84.9 Å². The van der Waals surface area contributed by atoms with Crippen LogP contribution in [-0.4, -0.2) is 39.8 Å². The SMILES string of the molecule is COc1ccc2c(c1)[C@@H](NC(=O)CCCN(c1cc(C)cc(C)c1)S(C)(=O)=O)CC(C)(C)O2. The molecule has 2 aromatic rings. The van der Waals surface area contributed by atoms with Crippen LogP contribution < -0.4 is 19.1 Å². The molecule has 0 saturated heterocycles. The number of ether oxygens (including phenoxy) is 2. The van der Waals surface area contributed by atoms with Crippen LogP contribution in [-0.2, 0) is 14.8 Å². The number of fused-ring (bicyclic) bond motifs is 1. The molecule has 0 saturated carbocycles. The highest BCUT2D eigenvalue weighted by Crippen LogP contribution is 2.41. The van der Waals surface area contributed by atoms with Gasteiger partial charge in [0.2, 0.25) is 15.9 Å². The number of amides is 1. The monoisotopic (exact) mass is 474 g/mol. The van der Waals surface area contributed by atoms with Gasteiger partial charge >= 0.3 is 0 Å². The van der Waals surface area contributed by atoms with E-state index in [-0.39, 0.29) is 24.9 Å². The normalized spacial score (nSPS) is 17.0. The van der Waals surface area contributed by atoms with Gasteiger partial charge < -0.3 is 14.8 Å². The molecule has 1 heterocycles. The summed E-state index contributed by atoms with van der Waals surface area (Å²) in [5.74, 6) is 1.31. The summed E-state index contributed by atoms with van der Waals surface area (Å²) in [5.41, 5.74) is 3.08. The van der Waals surface area contributed by atoms with Gasteiger partial charge in [-0.05, 0) is 75.6 Å². The van der Waals surface area contributed by atoms with Gasteiger partial charge in [-0.1, -0.05) is 6.07 Å². The molecule has 1 atom stereocenters. The Hall–Kier alpha value is -2.74. The Balaban J connectivity index is 1.68. The van der Waals surface area contributed by atoms with E-state index in [1.165, 1.54) is 10.6 Å². The van der Waals surface area contributed by atoms with Crippen LogP contribution in [0.2, 0.25) is 0 Å². The van der Waals surface area contributed by atoms with Gasteiger partial charge in [-0.15, -0.1) is 0 Å². The number of hydrogen-bond acceptors (Lipinski definition) is 5. The number of carbonyl (C=O) groups is 1. The van der Waals surface area contributed by atoms with Crippen LogP contribution in [0.15, 0.2) is 36.4 Å². The minimum Gasteiger partial charge on any atom is -0.497 e. The Labute approximate surface area is 197 Å². The van der Waals surface area contributed by atoms with Crippen molar-refractivity contribution in [3.05, 3.63) is 53.1 Å². The van der Waals surface area contributed by atoms with E-state index in [0.29, 0.717) is 24.3 Å². The van der Waals surface area contributed by atoms with Gasteiger partial charge in [-0.25, -0.2) is 8.42 Å². The molecular formula is C25H34N2O5S. The first-order valence-electron chi connectivity index (χ1n) is 11.1. The summed E-state index contributed by atoms with van der Waals surface area (Å²) < 4.78 is 37.6. The largest absolute Gasteiger partial charge is 0.497 e. The van der Waals surface area contributed by atoms with E-state index in [1.54, 1.807) is 7.11 Å². The van der Waals surface area contributed by atoms with Crippen LogP contribution in [0.5, 0.6) is 11.5 Å². The zero-order valence-electron chi connectivity index (χ0n) is 20.3. The molecule has 1 amide bonds. The lowest BCUT2D eigenvalue weighted by atomic mass is 9.89. The molecule has 0 spiro atoms. The van der Waals surface area contributed by atoms with Crippen LogP contribution in [0.4, 0.5) is 5.69 Å². The average molecular weight is 475 g/mol. The highest BCUT2D eigenvalue weighted by atomic mass is 32.2. The van der Waals surface area contributed by atoms with Crippen molar-refractivity contribution in [2.45, 2.75) is 58.6 Å². The highest BCUT2D eigenvalue weighted by molar-refractivity contribution is 7.92. The third kappa shape index (κ3) is 6.41. The van der Waals surface area contributed by atoms with Crippen molar-refractivity contribution in [2.24, 2.45) is 0 Å². The zero-order valence-corrected chi connectivity index (χ0v) is 21.1. The summed E-state index contributed by atoms with van der Waals surface area (Å²) in [6, 6.07) is 11.1. The molecule has 180 valence electrons. The highest BCUT2D eigenvalue weighted by Gasteiger charge is 2.34. The number of sulfonamides is 1. The van der Waals surface area contributed by atoms with Crippen molar-refractivity contribution in [3.8, 4) is 11.5 Å². The summed E-state index contributed by atoms with van der Waals surface area (Å²) in [6.45, 7) is 8.10. The third-order valence-corrected chi connectivity index (χ3v) is 6.86. The second-order valence-corrected chi connectivity index (χ2v) is 11.3. The van der Waals surface area contributed by atoms with E-state index in [2.05, 4.69) is 5.32 Å². The molecule has 0 fully saturated rings. The Morgan fingerprint density at radius 2 is 1.85 bits per heavy atom. The first kappa shape index (κ1) is 24.9. The summed E-state index contributed by atoms with van der Waals surface area (Å²) in [4.78, 5) is 12.8. The van der Waals surface area contributed by atoms with Gasteiger partial charge in [0.05, 0.1) is 25.1 Å². The van der Waals surface area contributed by atoms with Gasteiger partial charge in [0.15, 0.2) is 0 Å². The van der Waals surface area contributed by atoms with Crippen molar-refractivity contribution < 1.29 is 22.7 Å². The van der Waals surface area contributed by atoms with Gasteiger partial charge in [0.25, 0.3) is 0 Å². The first-order valence-corrected chi connectivity index (χ1v) is 12.9. The van der Waals surface area contributed by atoms with Crippen molar-refractivity contribution in [3.63, 3.8) is 0 Å². The number of nitrogens with zero attached hydrogens (tertiary/aromatic N) is 1. The standard InChI is InChI=1S/C25H34N2O5S/c1-17-12-18(2)14-19(13-17)27(33(6,29)30)11-7-8-24(28)26-22-16-25(3,4)32-23-10-9-20(31-5)15-21(22)23/h9-10,12-15,22H,7-8,11,16H2,1-6H3,(H,26,28)/t22-/m0/s1. The number of aryl methyl sites for hydroxylation is 2. The molecule has 0 radical (unpaired) electrons. The minimum absolute atomic E-state index is 0.125. The maximum Gasteiger partial charge on any atom is 0.232 e. The van der Waals surface area contributed by atoms with Crippen molar-refractivity contribution >= 4 is 21.6 Å². The number of benzene rings is 2. The van der Waals surface area contributed by atoms with E-state index in [0.717, 1.165) is 22.4 Å². The third-order valence-electron chi connectivity index (χ3n) is 5.67. The molecule has 1 aliphatic rings. The predicted octanol–water partition coefficient (Wildman–Crippen LogP) is 4.28. The molecule has 3 rings (SSSR count). The maximum atomic E-state index is 12.8. The molecule has 1 N–H and O–H groups in total. The van der Waals surface area contributed by atoms with Gasteiger partial charge in [-0.3, -0.25) is 9.10 Å². The van der Waals surface area contributed by atoms with Crippen LogP contribution >= 0.6 is 0 Å². The molecule has 33 heavy (non-hydrogen) atoms. The fourth-order valence-electron chi connectivity index (χ4n) is 4.32. The molecular weight excluding hydrogens is 440 g/mol. The van der Waals surface area contributed by atoms with Crippen molar-refractivity contribution in [2.75, 3.05) is 24.2 Å². The van der Waals surface area contributed by atoms with Crippen molar-refractivity contribution in [1.82, 2.24) is 5.32 Å². The number of anilines is 1. The molecule has 0 unspecified atom stereocenters. The van der Waals surface area contributed by atoms with Crippen LogP contribution in [0, 0.1) is 13.8 Å². The number of nitrogens with one attached hydrogen (secondary N) is 1. The fourth-order valence-corrected chi connectivity index (χ4v) is 5.27. The Kier molecular flexibility index (Phi) is 7.26. The molecule has 0 aliphatic carbocycles. The Morgan fingerprint density at radius 1 is 1.18 bits per heavy atom. The van der Waals surface area contributed by atoms with Crippen molar-refractivity contribution in [1.29, 1.82) is 0 Å². The lowest BCUT2D eigenvalue weighted by Gasteiger charge is -2.38. The lowest BCUT2D eigenvalue weighted by molar-refractivity contribution is -0.122. The fraction of sp³-hybridized carbons (Fsp3) is 0.480. The van der Waals surface area contributed by atoms with E-state index in [9.17, 15) is 13.2 Å². The van der Waals surface area contributed by atoms with Crippen LogP contribution in [0.25, 0.3) is 0 Å². The van der Waals surface area contributed by atoms with Gasteiger partial charge in [-0.2, -0.15) is 0 Å². The number of methoxy groups -OCH3 is 1. The lowest BCUT2D eigenvalue weighted by Crippen LogP contribution is -2.41. The summed E-state index contributed by atoms with van der Waals surface area (Å²) in [5, 5.41) is 3.11. The van der Waals surface area contributed by atoms with E-state index < -0.39 is 15.6 Å². The van der Waals surface area contributed by atoms with Gasteiger partial charge in [0.1, 0.15) is 17.1 Å². The second kappa shape index (κ2) is 9.63. The summed E-state index contributed by atoms with van der Waals surface area (Å²) in [7, 11) is -1.87. The van der Waals surface area contributed by atoms with E-state index in [4.69, 9.17) is 9.47 Å². The number of rotatable bonds is 8. The molecule has 1 aliphatic heterocycles. The van der Waals surface area contributed by atoms with Gasteiger partial charge in [0, 0.05) is 24.9 Å². The minimum atomic E-state index is -3.47. The van der Waals surface area contributed by atoms with Crippen LogP contribution in [0.1, 0.15) is 55.8 Å². The second-order valence-electron chi connectivity index (χ2n) is 9.37. The summed E-state index contributed by atoms with van der Waals surface area (Å²) >= 11 is 0. The molecule has 8 heteroatoms. The molecule has 7 nitrogen and oxygen atoms in total. The Morgan fingerprint density at radius 3 is 2.45 bits per heavy atom. The van der Waals surface area contributed by atoms with Crippen LogP contribution in [0.3, 0.4) is 0 Å². The molecule has 0 aromatic heterocycles. The maximum absolute atomic E-state index is 12.8. The number of hydrogen-bond donors (Lipinski definition) is 1. The quantitative estimate of drug-likeness (QED) is 0.617. The summed E-state index contributed by atoms with van der Waals surface area (Å²) in [6.07, 6.45) is 2.44. The molecule has 0 bridgehead atoms. The Bertz CT molecular complexity index is 1110. The predicted molar refractivity (Wildman–Crippen MR) is 131 cm³/mol. The zero-order chi connectivity index (χ0) is 24.4. The number of carbonyl (C=O) groups excluding carboxylic acids is 1. The molecule has 2 aromatic carbocycles. The average Bonchev–Trinajstić information content (AvgIpc) is 2.68. The van der Waals surface area contributed by atoms with E-state index >= 15 is 0 Å².